The molecule has 2 atom stereocenters. The number of halogens is 8. The first-order valence-corrected chi connectivity index (χ1v) is 12.1. The Morgan fingerprint density at radius 3 is 2.32 bits per heavy atom. The summed E-state index contributed by atoms with van der Waals surface area (Å²) in [7, 11) is 0. The molecule has 0 saturated heterocycles. The molecule has 4 rings (SSSR count). The number of alkyl halides is 5. The van der Waals surface area contributed by atoms with Crippen molar-refractivity contribution in [2.45, 2.75) is 22.8 Å². The first kappa shape index (κ1) is 27.5. The number of hydrogen-bond acceptors (Lipinski definition) is 3. The standard InChI is InChI=1S/C25H16Cl4F4N2O2/c26-16-4-3-13(10-14(16)20(36)8-11-1-6-19(34)15(7-11)25(31,32)33)35-23(37)22-21(24(22,28)29)12-2-5-18(30)17(27)9-12/h1-7,9-10,21-22H,8,34H2,(H,35,37). The molecule has 3 aromatic rings. The Morgan fingerprint density at radius 1 is 0.973 bits per heavy atom. The lowest BCUT2D eigenvalue weighted by Crippen LogP contribution is -2.17. The van der Waals surface area contributed by atoms with E-state index < -0.39 is 51.1 Å². The molecule has 0 heterocycles. The Hall–Kier alpha value is -2.52. The molecule has 0 bridgehead atoms. The number of carbonyl (C=O) groups is 2. The molecule has 2 unspecified atom stereocenters. The summed E-state index contributed by atoms with van der Waals surface area (Å²) < 4.78 is 51.5. The van der Waals surface area contributed by atoms with Gasteiger partial charge >= 0.3 is 6.18 Å². The van der Waals surface area contributed by atoms with Crippen molar-refractivity contribution in [1.82, 2.24) is 0 Å². The zero-order valence-corrected chi connectivity index (χ0v) is 21.5. The lowest BCUT2D eigenvalue weighted by molar-refractivity contribution is -0.137. The minimum absolute atomic E-state index is 0.00877. The van der Waals surface area contributed by atoms with Gasteiger partial charge in [0.05, 0.1) is 21.5 Å². The van der Waals surface area contributed by atoms with Crippen molar-refractivity contribution in [3.63, 3.8) is 0 Å². The smallest absolute Gasteiger partial charge is 0.398 e. The highest BCUT2D eigenvalue weighted by Gasteiger charge is 2.67. The summed E-state index contributed by atoms with van der Waals surface area (Å²) in [6.45, 7) is 0. The number of amides is 1. The lowest BCUT2D eigenvalue weighted by Gasteiger charge is -2.12. The zero-order chi connectivity index (χ0) is 27.3. The molecule has 3 N–H and O–H groups in total. The molecule has 0 radical (unpaired) electrons. The quantitative estimate of drug-likeness (QED) is 0.133. The number of ketones is 1. The van der Waals surface area contributed by atoms with Crippen LogP contribution in [0.1, 0.15) is 33.0 Å². The van der Waals surface area contributed by atoms with Crippen LogP contribution in [0.5, 0.6) is 0 Å². The van der Waals surface area contributed by atoms with E-state index in [9.17, 15) is 27.2 Å². The fourth-order valence-electron chi connectivity index (χ4n) is 4.05. The summed E-state index contributed by atoms with van der Waals surface area (Å²) in [5, 5.41) is 2.52. The van der Waals surface area contributed by atoms with Crippen LogP contribution in [0, 0.1) is 11.7 Å². The molecule has 12 heteroatoms. The predicted molar refractivity (Wildman–Crippen MR) is 136 cm³/mol. The van der Waals surface area contributed by atoms with E-state index in [0.717, 1.165) is 18.2 Å². The van der Waals surface area contributed by atoms with Crippen LogP contribution in [0.2, 0.25) is 10.0 Å². The summed E-state index contributed by atoms with van der Waals surface area (Å²) >= 11 is 24.6. The van der Waals surface area contributed by atoms with Gasteiger partial charge in [-0.3, -0.25) is 9.59 Å². The Morgan fingerprint density at radius 2 is 1.68 bits per heavy atom. The molecule has 4 nitrogen and oxygen atoms in total. The Balaban J connectivity index is 1.51. The number of benzene rings is 3. The van der Waals surface area contributed by atoms with Gasteiger partial charge in [-0.15, -0.1) is 23.2 Å². The van der Waals surface area contributed by atoms with Gasteiger partial charge in [0.15, 0.2) is 5.78 Å². The molecule has 0 spiro atoms. The number of anilines is 2. The second-order valence-corrected chi connectivity index (χ2v) is 10.8. The van der Waals surface area contributed by atoms with Crippen LogP contribution < -0.4 is 11.1 Å². The highest BCUT2D eigenvalue weighted by Crippen LogP contribution is 2.65. The summed E-state index contributed by atoms with van der Waals surface area (Å²) in [4.78, 5) is 25.8. The van der Waals surface area contributed by atoms with Crippen molar-refractivity contribution >= 4 is 69.5 Å². The van der Waals surface area contributed by atoms with Crippen molar-refractivity contribution in [2.75, 3.05) is 11.1 Å². The molecular formula is C25H16Cl4F4N2O2. The van der Waals surface area contributed by atoms with Crippen LogP contribution in [-0.4, -0.2) is 16.0 Å². The minimum atomic E-state index is -4.68. The zero-order valence-electron chi connectivity index (χ0n) is 18.5. The largest absolute Gasteiger partial charge is 0.418 e. The Labute approximate surface area is 228 Å². The molecule has 3 aromatic carbocycles. The molecular weight excluding hydrogens is 578 g/mol. The van der Waals surface area contributed by atoms with Crippen LogP contribution in [0.4, 0.5) is 28.9 Å². The highest BCUT2D eigenvalue weighted by atomic mass is 35.5. The normalized spacial score (nSPS) is 18.4. The van der Waals surface area contributed by atoms with Crippen molar-refractivity contribution < 1.29 is 27.2 Å². The number of nitrogens with one attached hydrogen (secondary N) is 1. The van der Waals surface area contributed by atoms with Crippen LogP contribution in [0.15, 0.2) is 54.6 Å². The molecule has 37 heavy (non-hydrogen) atoms. The molecule has 1 saturated carbocycles. The topological polar surface area (TPSA) is 72.2 Å². The molecule has 0 aliphatic heterocycles. The number of carbonyl (C=O) groups excluding carboxylic acids is 2. The summed E-state index contributed by atoms with van der Waals surface area (Å²) in [5.74, 6) is -3.33. The average molecular weight is 594 g/mol. The first-order chi connectivity index (χ1) is 17.2. The van der Waals surface area contributed by atoms with E-state index in [2.05, 4.69) is 5.32 Å². The third kappa shape index (κ3) is 5.67. The van der Waals surface area contributed by atoms with E-state index in [1.54, 1.807) is 0 Å². The van der Waals surface area contributed by atoms with E-state index in [1.807, 2.05) is 0 Å². The van der Waals surface area contributed by atoms with Gasteiger partial charge in [0, 0.05) is 29.3 Å². The van der Waals surface area contributed by atoms with Crippen LogP contribution in [0.3, 0.4) is 0 Å². The highest BCUT2D eigenvalue weighted by molar-refractivity contribution is 6.53. The number of Topliss-reactive ketones (excluding diaryl/α,β-unsaturated/α-hetero) is 1. The number of hydrogen-bond donors (Lipinski definition) is 2. The monoisotopic (exact) mass is 592 g/mol. The van der Waals surface area contributed by atoms with Gasteiger partial charge in [0.25, 0.3) is 0 Å². The number of nitrogens with two attached hydrogens (primary N) is 1. The van der Waals surface area contributed by atoms with E-state index >= 15 is 0 Å². The van der Waals surface area contributed by atoms with Gasteiger partial charge in [-0.2, -0.15) is 13.2 Å². The van der Waals surface area contributed by atoms with Crippen LogP contribution in [-0.2, 0) is 17.4 Å². The first-order valence-electron chi connectivity index (χ1n) is 10.6. The Bertz CT molecular complexity index is 1410. The summed E-state index contributed by atoms with van der Waals surface area (Å²) in [5.41, 5.74) is 4.66. The average Bonchev–Trinajstić information content (AvgIpc) is 3.39. The fourth-order valence-corrected chi connectivity index (χ4v) is 5.29. The number of rotatable bonds is 6. The predicted octanol–water partition coefficient (Wildman–Crippen LogP) is 7.68. The second kappa shape index (κ2) is 9.98. The summed E-state index contributed by atoms with van der Waals surface area (Å²) in [6.07, 6.45) is -5.06. The maximum atomic E-state index is 13.5. The molecule has 1 aliphatic carbocycles. The third-order valence-corrected chi connectivity index (χ3v) is 7.52. The molecule has 1 fully saturated rings. The SMILES string of the molecule is Nc1ccc(CC(=O)c2cc(NC(=O)C3C(c4ccc(F)c(Cl)c4)C3(Cl)Cl)ccc2Cl)cc1C(F)(F)F. The van der Waals surface area contributed by atoms with Gasteiger partial charge < -0.3 is 11.1 Å². The molecule has 1 aliphatic rings. The summed E-state index contributed by atoms with van der Waals surface area (Å²) in [6, 6.07) is 11.2. The van der Waals surface area contributed by atoms with Gasteiger partial charge in [0.2, 0.25) is 5.91 Å². The van der Waals surface area contributed by atoms with E-state index in [1.165, 1.54) is 36.4 Å². The lowest BCUT2D eigenvalue weighted by atomic mass is 10.00. The van der Waals surface area contributed by atoms with E-state index in [4.69, 9.17) is 52.1 Å². The second-order valence-electron chi connectivity index (χ2n) is 8.51. The van der Waals surface area contributed by atoms with Crippen molar-refractivity contribution in [1.29, 1.82) is 0 Å². The van der Waals surface area contributed by atoms with E-state index in [-0.39, 0.29) is 33.3 Å². The fraction of sp³-hybridized carbons (Fsp3) is 0.200. The van der Waals surface area contributed by atoms with Crippen LogP contribution in [0.25, 0.3) is 0 Å². The molecule has 0 aromatic heterocycles. The maximum Gasteiger partial charge on any atom is 0.418 e. The van der Waals surface area contributed by atoms with E-state index in [0.29, 0.717) is 5.56 Å². The van der Waals surface area contributed by atoms with Gasteiger partial charge in [-0.1, -0.05) is 35.3 Å². The third-order valence-electron chi connectivity index (χ3n) is 5.96. The van der Waals surface area contributed by atoms with Crippen molar-refractivity contribution in [2.24, 2.45) is 5.92 Å². The van der Waals surface area contributed by atoms with Crippen LogP contribution >= 0.6 is 46.4 Å². The number of nitrogen functional groups attached to an aromatic ring is 1. The van der Waals surface area contributed by atoms with Gasteiger partial charge in [-0.05, 0) is 53.6 Å². The van der Waals surface area contributed by atoms with Gasteiger partial charge in [-0.25, -0.2) is 4.39 Å². The Kier molecular flexibility index (Phi) is 7.42. The molecule has 1 amide bonds. The maximum absolute atomic E-state index is 13.5. The van der Waals surface area contributed by atoms with Gasteiger partial charge in [0.1, 0.15) is 10.2 Å². The van der Waals surface area contributed by atoms with Crippen molar-refractivity contribution in [3.05, 3.63) is 92.7 Å². The van der Waals surface area contributed by atoms with Crippen molar-refractivity contribution in [3.8, 4) is 0 Å². The molecule has 194 valence electrons. The minimum Gasteiger partial charge on any atom is -0.398 e.